The molecule has 5 nitrogen and oxygen atoms in total. The molecular weight excluding hydrogens is 256 g/mol. The summed E-state index contributed by atoms with van der Waals surface area (Å²) in [6, 6.07) is 0.127. The first-order valence-corrected chi connectivity index (χ1v) is 7.73. The van der Waals surface area contributed by atoms with Gasteiger partial charge < -0.3 is 15.3 Å². The minimum absolute atomic E-state index is 0.107. The number of nitrogens with one attached hydrogen (secondary N) is 1. The number of likely N-dealkylation sites (tertiary alicyclic amines) is 1. The van der Waals surface area contributed by atoms with Gasteiger partial charge in [0.15, 0.2) is 0 Å². The molecule has 0 aliphatic carbocycles. The molecule has 1 amide bonds. The molecule has 0 aromatic carbocycles. The molecule has 20 heavy (non-hydrogen) atoms. The fourth-order valence-corrected chi connectivity index (χ4v) is 2.54. The summed E-state index contributed by atoms with van der Waals surface area (Å²) in [4.78, 5) is 24.8. The lowest BCUT2D eigenvalue weighted by molar-refractivity contribution is -0.141. The fraction of sp³-hybridized carbons (Fsp3) is 0.867. The molecule has 2 N–H and O–H groups in total. The van der Waals surface area contributed by atoms with Crippen molar-refractivity contribution in [1.29, 1.82) is 0 Å². The van der Waals surface area contributed by atoms with E-state index >= 15 is 0 Å². The first-order chi connectivity index (χ1) is 9.49. The molecule has 1 fully saturated rings. The van der Waals surface area contributed by atoms with Crippen LogP contribution >= 0.6 is 0 Å². The third-order valence-electron chi connectivity index (χ3n) is 3.96. The van der Waals surface area contributed by atoms with Gasteiger partial charge in [0.1, 0.15) is 0 Å². The van der Waals surface area contributed by atoms with E-state index in [9.17, 15) is 9.59 Å². The zero-order valence-electron chi connectivity index (χ0n) is 12.7. The molecular formula is C15H28N2O3. The van der Waals surface area contributed by atoms with Gasteiger partial charge >= 0.3 is 5.97 Å². The Hall–Kier alpha value is -1.10. The van der Waals surface area contributed by atoms with Gasteiger partial charge in [0.2, 0.25) is 5.91 Å². The van der Waals surface area contributed by atoms with E-state index in [4.69, 9.17) is 5.11 Å². The first-order valence-electron chi connectivity index (χ1n) is 7.73. The summed E-state index contributed by atoms with van der Waals surface area (Å²) in [5, 5.41) is 11.8. The van der Waals surface area contributed by atoms with Crippen LogP contribution in [-0.2, 0) is 9.59 Å². The van der Waals surface area contributed by atoms with Crippen LogP contribution in [0.1, 0.15) is 52.4 Å². The Morgan fingerprint density at radius 2 is 1.85 bits per heavy atom. The summed E-state index contributed by atoms with van der Waals surface area (Å²) < 4.78 is 0. The number of rotatable bonds is 9. The minimum Gasteiger partial charge on any atom is -0.481 e. The SMILES string of the molecule is CC(CCCC(C)C(=O)O)NC(=O)CCN1CCCC1. The molecule has 0 saturated carbocycles. The standard InChI is InChI=1S/C15H28N2O3/c1-12(15(19)20)6-5-7-13(2)16-14(18)8-11-17-9-3-4-10-17/h12-13H,3-11H2,1-2H3,(H,16,18)(H,19,20). The van der Waals surface area contributed by atoms with Gasteiger partial charge in [-0.2, -0.15) is 0 Å². The van der Waals surface area contributed by atoms with Crippen LogP contribution in [0.5, 0.6) is 0 Å². The Bertz CT molecular complexity index is 314. The molecule has 1 aliphatic heterocycles. The summed E-state index contributed by atoms with van der Waals surface area (Å²) in [6.07, 6.45) is 5.41. The number of hydrogen-bond acceptors (Lipinski definition) is 3. The Labute approximate surface area is 121 Å². The van der Waals surface area contributed by atoms with E-state index in [1.165, 1.54) is 12.8 Å². The summed E-state index contributed by atoms with van der Waals surface area (Å²) in [5.74, 6) is -0.934. The average molecular weight is 284 g/mol. The topological polar surface area (TPSA) is 69.6 Å². The predicted molar refractivity (Wildman–Crippen MR) is 78.5 cm³/mol. The molecule has 1 heterocycles. The van der Waals surface area contributed by atoms with Gasteiger partial charge in [0.25, 0.3) is 0 Å². The molecule has 1 rings (SSSR count). The highest BCUT2D eigenvalue weighted by molar-refractivity contribution is 5.76. The lowest BCUT2D eigenvalue weighted by Crippen LogP contribution is -2.35. The van der Waals surface area contributed by atoms with Crippen molar-refractivity contribution in [2.45, 2.75) is 58.4 Å². The summed E-state index contributed by atoms with van der Waals surface area (Å²) in [5.41, 5.74) is 0. The maximum atomic E-state index is 11.8. The first kappa shape index (κ1) is 17.0. The fourth-order valence-electron chi connectivity index (χ4n) is 2.54. The summed E-state index contributed by atoms with van der Waals surface area (Å²) in [7, 11) is 0. The number of carbonyl (C=O) groups excluding carboxylic acids is 1. The third-order valence-corrected chi connectivity index (χ3v) is 3.96. The van der Waals surface area contributed by atoms with Crippen molar-refractivity contribution in [2.75, 3.05) is 19.6 Å². The van der Waals surface area contributed by atoms with Gasteiger partial charge in [0.05, 0.1) is 5.92 Å². The van der Waals surface area contributed by atoms with E-state index in [0.717, 1.165) is 32.5 Å². The maximum Gasteiger partial charge on any atom is 0.306 e. The monoisotopic (exact) mass is 284 g/mol. The number of hydrogen-bond donors (Lipinski definition) is 2. The lowest BCUT2D eigenvalue weighted by atomic mass is 10.0. The Morgan fingerprint density at radius 1 is 1.20 bits per heavy atom. The van der Waals surface area contributed by atoms with Gasteiger partial charge in [-0.1, -0.05) is 13.3 Å². The quantitative estimate of drug-likeness (QED) is 0.678. The molecule has 0 bridgehead atoms. The molecule has 1 aliphatic rings. The average Bonchev–Trinajstić information content (AvgIpc) is 2.89. The molecule has 0 aromatic rings. The second kappa shape index (κ2) is 8.95. The van der Waals surface area contributed by atoms with Crippen molar-refractivity contribution < 1.29 is 14.7 Å². The van der Waals surface area contributed by atoms with Gasteiger partial charge in [-0.25, -0.2) is 0 Å². The van der Waals surface area contributed by atoms with Crippen molar-refractivity contribution in [2.24, 2.45) is 5.92 Å². The molecule has 116 valence electrons. The van der Waals surface area contributed by atoms with E-state index in [-0.39, 0.29) is 17.9 Å². The highest BCUT2D eigenvalue weighted by Crippen LogP contribution is 2.10. The zero-order valence-corrected chi connectivity index (χ0v) is 12.7. The van der Waals surface area contributed by atoms with Crippen molar-refractivity contribution in [3.8, 4) is 0 Å². The number of carboxylic acids is 1. The number of amides is 1. The Kier molecular flexibility index (Phi) is 7.59. The van der Waals surface area contributed by atoms with Crippen molar-refractivity contribution >= 4 is 11.9 Å². The van der Waals surface area contributed by atoms with E-state index < -0.39 is 5.97 Å². The molecule has 1 saturated heterocycles. The van der Waals surface area contributed by atoms with Crippen LogP contribution in [0.2, 0.25) is 0 Å². The van der Waals surface area contributed by atoms with Crippen LogP contribution in [-0.4, -0.2) is 47.6 Å². The normalized spacial score (nSPS) is 18.7. The number of carbonyl (C=O) groups is 2. The Balaban J connectivity index is 2.06. The van der Waals surface area contributed by atoms with Gasteiger partial charge in [-0.05, 0) is 45.7 Å². The van der Waals surface area contributed by atoms with Gasteiger partial charge in [0, 0.05) is 19.0 Å². The summed E-state index contributed by atoms with van der Waals surface area (Å²) >= 11 is 0. The van der Waals surface area contributed by atoms with Crippen LogP contribution in [0, 0.1) is 5.92 Å². The minimum atomic E-state index is -0.743. The molecule has 5 heteroatoms. The molecule has 2 atom stereocenters. The molecule has 0 aromatic heterocycles. The maximum absolute atomic E-state index is 11.8. The second-order valence-electron chi connectivity index (χ2n) is 5.94. The molecule has 2 unspecified atom stereocenters. The van der Waals surface area contributed by atoms with Gasteiger partial charge in [-0.3, -0.25) is 9.59 Å². The Morgan fingerprint density at radius 3 is 2.45 bits per heavy atom. The van der Waals surface area contributed by atoms with Crippen LogP contribution in [0.3, 0.4) is 0 Å². The smallest absolute Gasteiger partial charge is 0.306 e. The second-order valence-corrected chi connectivity index (χ2v) is 5.94. The number of aliphatic carboxylic acids is 1. The van der Waals surface area contributed by atoms with Crippen LogP contribution in [0.15, 0.2) is 0 Å². The van der Waals surface area contributed by atoms with E-state index in [0.29, 0.717) is 12.8 Å². The largest absolute Gasteiger partial charge is 0.481 e. The highest BCUT2D eigenvalue weighted by Gasteiger charge is 2.15. The van der Waals surface area contributed by atoms with E-state index in [1.54, 1.807) is 6.92 Å². The number of nitrogens with zero attached hydrogens (tertiary/aromatic N) is 1. The van der Waals surface area contributed by atoms with Crippen LogP contribution in [0.4, 0.5) is 0 Å². The van der Waals surface area contributed by atoms with Crippen molar-refractivity contribution in [1.82, 2.24) is 10.2 Å². The molecule has 0 radical (unpaired) electrons. The number of carboxylic acid groups (broad SMARTS) is 1. The summed E-state index contributed by atoms with van der Waals surface area (Å²) in [6.45, 7) is 6.81. The van der Waals surface area contributed by atoms with E-state index in [2.05, 4.69) is 10.2 Å². The van der Waals surface area contributed by atoms with Crippen molar-refractivity contribution in [3.63, 3.8) is 0 Å². The van der Waals surface area contributed by atoms with E-state index in [1.807, 2.05) is 6.92 Å². The molecule has 0 spiro atoms. The van der Waals surface area contributed by atoms with Crippen LogP contribution < -0.4 is 5.32 Å². The van der Waals surface area contributed by atoms with Gasteiger partial charge in [-0.15, -0.1) is 0 Å². The highest BCUT2D eigenvalue weighted by atomic mass is 16.4. The van der Waals surface area contributed by atoms with Crippen molar-refractivity contribution in [3.05, 3.63) is 0 Å². The lowest BCUT2D eigenvalue weighted by Gasteiger charge is -2.17. The zero-order chi connectivity index (χ0) is 15.0. The van der Waals surface area contributed by atoms with Crippen LogP contribution in [0.25, 0.3) is 0 Å². The predicted octanol–water partition coefficient (Wildman–Crippen LogP) is 1.87. The third kappa shape index (κ3) is 6.89.